The highest BCUT2D eigenvalue weighted by atomic mass is 16.6. The van der Waals surface area contributed by atoms with Crippen molar-refractivity contribution in [1.29, 1.82) is 0 Å². The van der Waals surface area contributed by atoms with E-state index in [2.05, 4.69) is 13.5 Å². The van der Waals surface area contributed by atoms with E-state index in [0.29, 0.717) is 0 Å². The first-order valence-electron chi connectivity index (χ1n) is 8.08. The molecular formula is C17H30O2. The third-order valence-corrected chi connectivity index (χ3v) is 4.39. The molecule has 2 heteroatoms. The Morgan fingerprint density at radius 2 is 1.42 bits per heavy atom. The molecule has 0 N–H and O–H groups in total. The van der Waals surface area contributed by atoms with E-state index in [-0.39, 0.29) is 11.6 Å². The van der Waals surface area contributed by atoms with E-state index in [1.807, 2.05) is 0 Å². The Morgan fingerprint density at radius 1 is 1.00 bits per heavy atom. The molecule has 1 aliphatic carbocycles. The van der Waals surface area contributed by atoms with Crippen LogP contribution in [0.2, 0.25) is 0 Å². The van der Waals surface area contributed by atoms with Gasteiger partial charge in [-0.1, -0.05) is 58.4 Å². The monoisotopic (exact) mass is 266 g/mol. The molecule has 0 heterocycles. The molecule has 0 aromatic carbocycles. The van der Waals surface area contributed by atoms with Crippen molar-refractivity contribution in [2.24, 2.45) is 0 Å². The maximum atomic E-state index is 11.6. The molecule has 0 unspecified atom stereocenters. The van der Waals surface area contributed by atoms with Gasteiger partial charge in [0.15, 0.2) is 0 Å². The van der Waals surface area contributed by atoms with Gasteiger partial charge in [0.25, 0.3) is 0 Å². The summed E-state index contributed by atoms with van der Waals surface area (Å²) in [6, 6.07) is 0. The molecule has 110 valence electrons. The number of carbonyl (C=O) groups excluding carboxylic acids is 1. The fourth-order valence-corrected chi connectivity index (χ4v) is 3.04. The van der Waals surface area contributed by atoms with Gasteiger partial charge in [-0.2, -0.15) is 0 Å². The second-order valence-corrected chi connectivity index (χ2v) is 5.84. The minimum atomic E-state index is -0.256. The minimum absolute atomic E-state index is 0.232. The first-order valence-corrected chi connectivity index (χ1v) is 8.08. The van der Waals surface area contributed by atoms with Gasteiger partial charge in [0.1, 0.15) is 5.60 Å². The molecule has 0 saturated heterocycles. The molecule has 1 rings (SSSR count). The summed E-state index contributed by atoms with van der Waals surface area (Å²) in [5, 5.41) is 0. The lowest BCUT2D eigenvalue weighted by atomic mass is 9.86. The summed E-state index contributed by atoms with van der Waals surface area (Å²) in [7, 11) is 0. The Kier molecular flexibility index (Phi) is 7.85. The lowest BCUT2D eigenvalue weighted by molar-refractivity contribution is -0.156. The summed E-state index contributed by atoms with van der Waals surface area (Å²) in [6.45, 7) is 5.66. The molecule has 0 atom stereocenters. The summed E-state index contributed by atoms with van der Waals surface area (Å²) in [5.74, 6) is -0.256. The number of esters is 1. The lowest BCUT2D eigenvalue weighted by Crippen LogP contribution is -2.34. The minimum Gasteiger partial charge on any atom is -0.456 e. The van der Waals surface area contributed by atoms with Crippen LogP contribution in [0.4, 0.5) is 0 Å². The average Bonchev–Trinajstić information content (AvgIpc) is 2.42. The highest BCUT2D eigenvalue weighted by molar-refractivity contribution is 5.81. The summed E-state index contributed by atoms with van der Waals surface area (Å²) in [5.41, 5.74) is -0.232. The number of hydrogen-bond donors (Lipinski definition) is 0. The zero-order valence-electron chi connectivity index (χ0n) is 12.6. The smallest absolute Gasteiger partial charge is 0.330 e. The van der Waals surface area contributed by atoms with Gasteiger partial charge >= 0.3 is 5.97 Å². The molecule has 0 radical (unpaired) electrons. The van der Waals surface area contributed by atoms with Crippen molar-refractivity contribution in [3.63, 3.8) is 0 Å². The van der Waals surface area contributed by atoms with Gasteiger partial charge in [0.2, 0.25) is 0 Å². The van der Waals surface area contributed by atoms with Crippen LogP contribution in [-0.2, 0) is 9.53 Å². The highest BCUT2D eigenvalue weighted by Crippen LogP contribution is 2.31. The first kappa shape index (κ1) is 16.3. The maximum Gasteiger partial charge on any atom is 0.330 e. The van der Waals surface area contributed by atoms with Gasteiger partial charge in [-0.15, -0.1) is 0 Å². The van der Waals surface area contributed by atoms with E-state index in [9.17, 15) is 4.79 Å². The second kappa shape index (κ2) is 9.17. The summed E-state index contributed by atoms with van der Waals surface area (Å²) in [6.07, 6.45) is 15.9. The Hall–Kier alpha value is -0.790. The van der Waals surface area contributed by atoms with Gasteiger partial charge in [0, 0.05) is 6.08 Å². The fraction of sp³-hybridized carbons (Fsp3) is 0.824. The van der Waals surface area contributed by atoms with Gasteiger partial charge < -0.3 is 4.74 Å². The lowest BCUT2D eigenvalue weighted by Gasteiger charge is -2.33. The molecule has 19 heavy (non-hydrogen) atoms. The van der Waals surface area contributed by atoms with Crippen LogP contribution in [-0.4, -0.2) is 11.6 Å². The van der Waals surface area contributed by atoms with Crippen LogP contribution < -0.4 is 0 Å². The zero-order valence-corrected chi connectivity index (χ0v) is 12.6. The third kappa shape index (κ3) is 6.26. The Bertz CT molecular complexity index is 258. The Labute approximate surface area is 118 Å². The van der Waals surface area contributed by atoms with E-state index in [4.69, 9.17) is 4.74 Å². The summed E-state index contributed by atoms with van der Waals surface area (Å²) in [4.78, 5) is 11.6. The van der Waals surface area contributed by atoms with Crippen molar-refractivity contribution >= 4 is 5.97 Å². The molecule has 0 aromatic rings. The van der Waals surface area contributed by atoms with Crippen LogP contribution in [0.1, 0.15) is 84.0 Å². The number of ether oxygens (including phenoxy) is 1. The normalized spacial score (nSPS) is 21.7. The number of hydrogen-bond acceptors (Lipinski definition) is 2. The molecule has 2 nitrogen and oxygen atoms in total. The van der Waals surface area contributed by atoms with Crippen LogP contribution in [0.25, 0.3) is 0 Å². The predicted octanol–water partition coefficient (Wildman–Crippen LogP) is 5.17. The number of rotatable bonds is 3. The molecule has 1 fully saturated rings. The molecular weight excluding hydrogens is 236 g/mol. The highest BCUT2D eigenvalue weighted by Gasteiger charge is 2.30. The van der Waals surface area contributed by atoms with Gasteiger partial charge in [0.05, 0.1) is 0 Å². The second-order valence-electron chi connectivity index (χ2n) is 5.84. The van der Waals surface area contributed by atoms with Crippen molar-refractivity contribution in [2.75, 3.05) is 0 Å². The van der Waals surface area contributed by atoms with Crippen LogP contribution in [0.3, 0.4) is 0 Å². The van der Waals surface area contributed by atoms with E-state index >= 15 is 0 Å². The standard InChI is InChI=1S/C17H30O2/c1-3-16(18)19-17(4-2)14-12-10-8-6-5-7-9-11-13-15-17/h3H,1,4-15H2,2H3. The quantitative estimate of drug-likeness (QED) is 0.520. The van der Waals surface area contributed by atoms with Gasteiger partial charge in [-0.05, 0) is 32.1 Å². The topological polar surface area (TPSA) is 26.3 Å². The third-order valence-electron chi connectivity index (χ3n) is 4.39. The van der Waals surface area contributed by atoms with E-state index in [1.54, 1.807) is 0 Å². The SMILES string of the molecule is C=CC(=O)OC1(CC)CCCCCCCCCCC1. The van der Waals surface area contributed by atoms with Crippen LogP contribution in [0.15, 0.2) is 12.7 Å². The van der Waals surface area contributed by atoms with Crippen LogP contribution >= 0.6 is 0 Å². The molecule has 0 spiro atoms. The fourth-order valence-electron chi connectivity index (χ4n) is 3.04. The van der Waals surface area contributed by atoms with Gasteiger partial charge in [-0.3, -0.25) is 0 Å². The predicted molar refractivity (Wildman–Crippen MR) is 80.1 cm³/mol. The van der Waals surface area contributed by atoms with E-state index < -0.39 is 0 Å². The molecule has 0 aromatic heterocycles. The molecule has 1 saturated carbocycles. The first-order chi connectivity index (χ1) is 9.22. The molecule has 0 amide bonds. The largest absolute Gasteiger partial charge is 0.456 e. The summed E-state index contributed by atoms with van der Waals surface area (Å²) < 4.78 is 5.72. The molecule has 1 aliphatic rings. The van der Waals surface area contributed by atoms with Crippen LogP contribution in [0, 0.1) is 0 Å². The Balaban J connectivity index is 2.59. The maximum absolute atomic E-state index is 11.6. The summed E-state index contributed by atoms with van der Waals surface area (Å²) >= 11 is 0. The van der Waals surface area contributed by atoms with Crippen molar-refractivity contribution in [1.82, 2.24) is 0 Å². The zero-order chi connectivity index (χ0) is 14.0. The van der Waals surface area contributed by atoms with Crippen LogP contribution in [0.5, 0.6) is 0 Å². The average molecular weight is 266 g/mol. The van der Waals surface area contributed by atoms with Crippen molar-refractivity contribution in [3.05, 3.63) is 12.7 Å². The van der Waals surface area contributed by atoms with Crippen molar-refractivity contribution in [3.8, 4) is 0 Å². The van der Waals surface area contributed by atoms with E-state index in [1.165, 1.54) is 63.9 Å². The van der Waals surface area contributed by atoms with E-state index in [0.717, 1.165) is 19.3 Å². The number of carbonyl (C=O) groups is 1. The molecule has 0 bridgehead atoms. The van der Waals surface area contributed by atoms with Crippen molar-refractivity contribution in [2.45, 2.75) is 89.6 Å². The van der Waals surface area contributed by atoms with Gasteiger partial charge in [-0.25, -0.2) is 4.79 Å². The molecule has 0 aliphatic heterocycles. The Morgan fingerprint density at radius 3 is 1.79 bits per heavy atom. The van der Waals surface area contributed by atoms with Crippen molar-refractivity contribution < 1.29 is 9.53 Å².